The van der Waals surface area contributed by atoms with Crippen molar-refractivity contribution in [3.63, 3.8) is 0 Å². The molecule has 2 amide bonds. The third-order valence-corrected chi connectivity index (χ3v) is 9.40. The van der Waals surface area contributed by atoms with Crippen molar-refractivity contribution in [2.75, 3.05) is 25.6 Å². The first-order valence-corrected chi connectivity index (χ1v) is 19.8. The van der Waals surface area contributed by atoms with Gasteiger partial charge < -0.3 is 39.3 Å². The molecular weight excluding hydrogens is 763 g/mol. The lowest BCUT2D eigenvalue weighted by atomic mass is 9.79. The van der Waals surface area contributed by atoms with Crippen molar-refractivity contribution in [2.45, 2.75) is 131 Å². The highest BCUT2D eigenvalue weighted by Crippen LogP contribution is 2.37. The summed E-state index contributed by atoms with van der Waals surface area (Å²) in [5.41, 5.74) is 4.86. The van der Waals surface area contributed by atoms with E-state index in [-0.39, 0.29) is 36.6 Å². The van der Waals surface area contributed by atoms with Crippen LogP contribution < -0.4 is 31.3 Å². The fraction of sp³-hybridized carbons (Fsp3) is 0.581. The van der Waals surface area contributed by atoms with Crippen LogP contribution in [0.1, 0.15) is 103 Å². The molecule has 0 bridgehead atoms. The number of anilines is 1. The van der Waals surface area contributed by atoms with E-state index in [0.29, 0.717) is 29.1 Å². The Kier molecular flexibility index (Phi) is 16.3. The van der Waals surface area contributed by atoms with Crippen molar-refractivity contribution in [2.24, 2.45) is 17.6 Å². The molecule has 2 aromatic carbocycles. The molecule has 1 aliphatic heterocycles. The highest BCUT2D eigenvalue weighted by Gasteiger charge is 2.51. The molecule has 1 aromatic heterocycles. The Morgan fingerprint density at radius 1 is 0.831 bits per heavy atom. The standard InChI is InChI=1S/C24H39BFNO5.C19H25FN4O3/c1-16(2)14-24(10,27-20(28)30-21(3,4)5)15-29-19-12-11-17(13-18(19)26)25-31-22(6,7)23(8,9)32-25;1-12(2)10-19(3,21)11-27-16-6-5-13(9-14(16)20)15-7-8-22-17(23-15)24-18(25)26-4/h11-13,16H,14-15H2,1-10H3,(H,27,28);5-9,12H,10-11,21H2,1-4H3,(H,22,23,24,25)/t24-;19-/m00/s1. The van der Waals surface area contributed by atoms with E-state index < -0.39 is 58.8 Å². The molecule has 0 unspecified atom stereocenters. The van der Waals surface area contributed by atoms with Crippen LogP contribution in [0, 0.1) is 23.5 Å². The largest absolute Gasteiger partial charge is 0.494 e. The van der Waals surface area contributed by atoms with Crippen molar-refractivity contribution in [1.29, 1.82) is 0 Å². The fourth-order valence-electron chi connectivity index (χ4n) is 6.33. The lowest BCUT2D eigenvalue weighted by Gasteiger charge is -2.33. The number of nitrogens with two attached hydrogens (primary N) is 1. The summed E-state index contributed by atoms with van der Waals surface area (Å²) in [6.45, 7) is 25.5. The molecule has 0 radical (unpaired) electrons. The van der Waals surface area contributed by atoms with Gasteiger partial charge in [0.2, 0.25) is 5.95 Å². The minimum atomic E-state index is -0.729. The van der Waals surface area contributed by atoms with Gasteiger partial charge in [-0.05, 0) is 129 Å². The van der Waals surface area contributed by atoms with Gasteiger partial charge in [0.15, 0.2) is 23.1 Å². The van der Waals surface area contributed by atoms with Crippen LogP contribution in [0.5, 0.6) is 11.5 Å². The Bertz CT molecular complexity index is 1870. The minimum Gasteiger partial charge on any atom is -0.489 e. The first kappa shape index (κ1) is 48.8. The van der Waals surface area contributed by atoms with Crippen LogP contribution in [-0.2, 0) is 18.8 Å². The van der Waals surface area contributed by atoms with Crippen molar-refractivity contribution >= 4 is 30.7 Å². The summed E-state index contributed by atoms with van der Waals surface area (Å²) in [4.78, 5) is 31.7. The third kappa shape index (κ3) is 15.2. The smallest absolute Gasteiger partial charge is 0.489 e. The molecule has 0 aliphatic carbocycles. The zero-order valence-electron chi connectivity index (χ0n) is 37.2. The number of methoxy groups -OCH3 is 1. The molecule has 326 valence electrons. The van der Waals surface area contributed by atoms with Gasteiger partial charge in [0.05, 0.1) is 29.5 Å². The molecule has 13 nitrogen and oxygen atoms in total. The van der Waals surface area contributed by atoms with Gasteiger partial charge in [-0.3, -0.25) is 5.32 Å². The molecule has 2 atom stereocenters. The maximum absolute atomic E-state index is 14.9. The second kappa shape index (κ2) is 19.7. The Morgan fingerprint density at radius 3 is 1.92 bits per heavy atom. The van der Waals surface area contributed by atoms with Gasteiger partial charge in [-0.1, -0.05) is 33.8 Å². The summed E-state index contributed by atoms with van der Waals surface area (Å²) in [6.07, 6.45) is 1.65. The number of carbonyl (C=O) groups excluding carboxylic acids is 2. The van der Waals surface area contributed by atoms with Gasteiger partial charge in [-0.25, -0.2) is 28.3 Å². The molecular formula is C43H64BF2N5O8. The SMILES string of the molecule is CC(C)C[C@@](C)(COc1ccc(B2OC(C)(C)C(C)(C)O2)cc1F)NC(=O)OC(C)(C)C.COC(=O)Nc1nccc(-c2ccc(OC[C@@](C)(N)CC(C)C)c(F)c2)n1. The number of benzene rings is 2. The van der Waals surface area contributed by atoms with Crippen molar-refractivity contribution in [3.8, 4) is 22.8 Å². The van der Waals surface area contributed by atoms with Gasteiger partial charge in [-0.15, -0.1) is 0 Å². The van der Waals surface area contributed by atoms with E-state index in [0.717, 1.165) is 6.42 Å². The molecule has 4 rings (SSSR count). The monoisotopic (exact) mass is 827 g/mol. The summed E-state index contributed by atoms with van der Waals surface area (Å²) in [5.74, 6) is -0.0362. The first-order chi connectivity index (χ1) is 27.1. The van der Waals surface area contributed by atoms with E-state index in [9.17, 15) is 18.4 Å². The highest BCUT2D eigenvalue weighted by atomic mass is 19.1. The molecule has 1 saturated heterocycles. The van der Waals surface area contributed by atoms with E-state index >= 15 is 0 Å². The zero-order valence-corrected chi connectivity index (χ0v) is 37.2. The third-order valence-electron chi connectivity index (χ3n) is 9.40. The van der Waals surface area contributed by atoms with Gasteiger partial charge >= 0.3 is 19.3 Å². The van der Waals surface area contributed by atoms with Crippen LogP contribution in [-0.4, -0.2) is 77.5 Å². The van der Waals surface area contributed by atoms with Crippen LogP contribution in [0.25, 0.3) is 11.3 Å². The summed E-state index contributed by atoms with van der Waals surface area (Å²) in [5, 5.41) is 5.26. The molecule has 1 aliphatic rings. The Morgan fingerprint density at radius 2 is 1.39 bits per heavy atom. The molecule has 3 aromatic rings. The maximum Gasteiger partial charge on any atom is 0.494 e. The van der Waals surface area contributed by atoms with Crippen LogP contribution in [0.15, 0.2) is 48.7 Å². The lowest BCUT2D eigenvalue weighted by Crippen LogP contribution is -2.52. The quantitative estimate of drug-likeness (QED) is 0.134. The number of nitrogens with zero attached hydrogens (tertiary/aromatic N) is 2. The summed E-state index contributed by atoms with van der Waals surface area (Å²) < 4.78 is 62.6. The van der Waals surface area contributed by atoms with E-state index in [4.69, 9.17) is 29.3 Å². The number of alkyl carbamates (subject to hydrolysis) is 1. The fourth-order valence-corrected chi connectivity index (χ4v) is 6.33. The van der Waals surface area contributed by atoms with E-state index in [2.05, 4.69) is 53.0 Å². The summed E-state index contributed by atoms with van der Waals surface area (Å²) in [7, 11) is 0.587. The van der Waals surface area contributed by atoms with Crippen LogP contribution >= 0.6 is 0 Å². The van der Waals surface area contributed by atoms with Gasteiger partial charge in [0, 0.05) is 17.3 Å². The average Bonchev–Trinajstić information content (AvgIpc) is 3.31. The van der Waals surface area contributed by atoms with Crippen molar-refractivity contribution in [1.82, 2.24) is 15.3 Å². The Balaban J connectivity index is 0.000000320. The van der Waals surface area contributed by atoms with Crippen molar-refractivity contribution in [3.05, 3.63) is 60.3 Å². The first-order valence-electron chi connectivity index (χ1n) is 19.8. The molecule has 2 heterocycles. The van der Waals surface area contributed by atoms with Gasteiger partial charge in [0.25, 0.3) is 0 Å². The number of amides is 2. The predicted octanol–water partition coefficient (Wildman–Crippen LogP) is 8.44. The normalized spacial score (nSPS) is 16.6. The number of hydrogen-bond acceptors (Lipinski definition) is 11. The van der Waals surface area contributed by atoms with E-state index in [1.807, 2.05) is 41.5 Å². The second-order valence-electron chi connectivity index (χ2n) is 18.4. The topological polar surface area (TPSA) is 165 Å². The van der Waals surface area contributed by atoms with E-state index in [1.165, 1.54) is 31.5 Å². The van der Waals surface area contributed by atoms with Gasteiger partial charge in [0.1, 0.15) is 18.8 Å². The highest BCUT2D eigenvalue weighted by molar-refractivity contribution is 6.62. The summed E-state index contributed by atoms with van der Waals surface area (Å²) in [6, 6.07) is 10.8. The lowest BCUT2D eigenvalue weighted by molar-refractivity contribution is 0.00578. The molecule has 0 saturated carbocycles. The number of ether oxygens (including phenoxy) is 4. The van der Waals surface area contributed by atoms with E-state index in [1.54, 1.807) is 45.0 Å². The molecule has 16 heteroatoms. The number of aromatic nitrogens is 2. The molecule has 4 N–H and O–H groups in total. The molecule has 0 spiro atoms. The zero-order chi connectivity index (χ0) is 44.6. The number of rotatable bonds is 14. The van der Waals surface area contributed by atoms with Crippen LogP contribution in [0.3, 0.4) is 0 Å². The second-order valence-corrected chi connectivity index (χ2v) is 18.4. The van der Waals surface area contributed by atoms with Crippen molar-refractivity contribution < 1.29 is 46.6 Å². The molecule has 1 fully saturated rings. The molecule has 59 heavy (non-hydrogen) atoms. The van der Waals surface area contributed by atoms with Crippen LogP contribution in [0.2, 0.25) is 0 Å². The number of carbonyl (C=O) groups is 2. The number of nitrogens with one attached hydrogen (secondary N) is 2. The Hall–Kier alpha value is -4.54. The average molecular weight is 828 g/mol. The van der Waals surface area contributed by atoms with Gasteiger partial charge in [-0.2, -0.15) is 0 Å². The number of halogens is 2. The maximum atomic E-state index is 14.9. The predicted molar refractivity (Wildman–Crippen MR) is 226 cm³/mol. The van der Waals surface area contributed by atoms with Crippen LogP contribution in [0.4, 0.5) is 24.3 Å². The number of hydrogen-bond donors (Lipinski definition) is 3. The minimum absolute atomic E-state index is 0.0627. The Labute approximate surface area is 349 Å². The summed E-state index contributed by atoms with van der Waals surface area (Å²) >= 11 is 0.